The van der Waals surface area contributed by atoms with Gasteiger partial charge in [-0.25, -0.2) is 9.78 Å². The highest BCUT2D eigenvalue weighted by atomic mass is 16.5. The molecule has 0 aliphatic heterocycles. The SMILES string of the molecule is CC[C@H](C)[C@H](NC(=O)[C@@H](NC(=O)[C@H](CC(C)C)NC(=O)[C@H](Cc1cnc[nH]1)NC(=O)[C@H](Cc1ccccc1)NC(=O)OCc1ccccc1)C(C)C)C(=O)NC(=O)Cc1c[nH]c2ccccc12. The van der Waals surface area contributed by atoms with Gasteiger partial charge < -0.3 is 41.3 Å². The summed E-state index contributed by atoms with van der Waals surface area (Å²) in [7, 11) is 0. The number of rotatable bonds is 23. The molecule has 0 unspecified atom stereocenters. The second-order valence-electron chi connectivity index (χ2n) is 17.5. The van der Waals surface area contributed by atoms with Crippen LogP contribution in [0, 0.1) is 17.8 Å². The van der Waals surface area contributed by atoms with Crippen molar-refractivity contribution < 1.29 is 38.3 Å². The van der Waals surface area contributed by atoms with Gasteiger partial charge in [0.2, 0.25) is 35.4 Å². The van der Waals surface area contributed by atoms with Crippen molar-refractivity contribution in [3.05, 3.63) is 126 Å². The minimum Gasteiger partial charge on any atom is -0.445 e. The van der Waals surface area contributed by atoms with Crippen molar-refractivity contribution in [2.75, 3.05) is 0 Å². The van der Waals surface area contributed by atoms with Gasteiger partial charge in [0, 0.05) is 41.8 Å². The predicted octanol–water partition coefficient (Wildman–Crippen LogP) is 4.54. The number of carbonyl (C=O) groups excluding carboxylic acids is 7. The molecule has 0 saturated carbocycles. The van der Waals surface area contributed by atoms with Gasteiger partial charge in [-0.15, -0.1) is 0 Å². The third kappa shape index (κ3) is 15.4. The van der Waals surface area contributed by atoms with E-state index in [1.807, 2.05) is 69.3 Å². The number of amides is 7. The van der Waals surface area contributed by atoms with Crippen molar-refractivity contribution in [2.45, 2.75) is 110 Å². The van der Waals surface area contributed by atoms with Gasteiger partial charge in [0.15, 0.2) is 0 Å². The number of alkyl carbamates (subject to hydrolysis) is 1. The van der Waals surface area contributed by atoms with Crippen molar-refractivity contribution in [1.82, 2.24) is 46.9 Å². The van der Waals surface area contributed by atoms with E-state index < -0.39 is 77.7 Å². The van der Waals surface area contributed by atoms with E-state index in [4.69, 9.17) is 4.74 Å². The third-order valence-corrected chi connectivity index (χ3v) is 11.4. The molecule has 0 fully saturated rings. The maximum atomic E-state index is 14.3. The first kappa shape index (κ1) is 50.7. The summed E-state index contributed by atoms with van der Waals surface area (Å²) in [5.41, 5.74) is 3.57. The Kier molecular flexibility index (Phi) is 18.8. The number of nitrogens with one attached hydrogen (secondary N) is 8. The number of benzene rings is 3. The Labute approximate surface area is 390 Å². The second kappa shape index (κ2) is 24.8. The van der Waals surface area contributed by atoms with E-state index in [0.29, 0.717) is 17.7 Å². The number of carbonyl (C=O) groups is 7. The summed E-state index contributed by atoms with van der Waals surface area (Å²) in [5.74, 6) is -4.87. The third-order valence-electron chi connectivity index (χ3n) is 11.4. The molecule has 17 nitrogen and oxygen atoms in total. The van der Waals surface area contributed by atoms with E-state index in [9.17, 15) is 33.6 Å². The lowest BCUT2D eigenvalue weighted by atomic mass is 9.96. The molecule has 67 heavy (non-hydrogen) atoms. The largest absolute Gasteiger partial charge is 0.445 e. The molecule has 17 heteroatoms. The van der Waals surface area contributed by atoms with Crippen molar-refractivity contribution >= 4 is 52.4 Å². The van der Waals surface area contributed by atoms with Gasteiger partial charge in [-0.3, -0.25) is 34.1 Å². The lowest BCUT2D eigenvalue weighted by Gasteiger charge is -2.30. The van der Waals surface area contributed by atoms with Crippen LogP contribution in [0.2, 0.25) is 0 Å². The number of hydrogen-bond donors (Lipinski definition) is 8. The van der Waals surface area contributed by atoms with Gasteiger partial charge in [-0.1, -0.05) is 127 Å². The van der Waals surface area contributed by atoms with Crippen LogP contribution in [0.5, 0.6) is 0 Å². The zero-order valence-electron chi connectivity index (χ0n) is 38.9. The number of fused-ring (bicyclic) bond motifs is 1. The van der Waals surface area contributed by atoms with Crippen LogP contribution in [0.15, 0.2) is 104 Å². The molecule has 0 aliphatic rings. The van der Waals surface area contributed by atoms with E-state index >= 15 is 0 Å². The van der Waals surface area contributed by atoms with Crippen molar-refractivity contribution in [2.24, 2.45) is 17.8 Å². The topological polar surface area (TPSA) is 245 Å². The highest BCUT2D eigenvalue weighted by molar-refractivity contribution is 6.02. The predicted molar refractivity (Wildman–Crippen MR) is 253 cm³/mol. The lowest BCUT2D eigenvalue weighted by molar-refractivity contribution is -0.137. The molecule has 5 rings (SSSR count). The minimum absolute atomic E-state index is 0.0300. The zero-order chi connectivity index (χ0) is 48.5. The van der Waals surface area contributed by atoms with E-state index in [1.54, 1.807) is 63.4 Å². The highest BCUT2D eigenvalue weighted by Crippen LogP contribution is 2.19. The van der Waals surface area contributed by atoms with Crippen LogP contribution in [-0.2, 0) is 59.4 Å². The molecule has 2 heterocycles. The number of hydrogen-bond acceptors (Lipinski definition) is 9. The van der Waals surface area contributed by atoms with E-state index in [0.717, 1.165) is 22.0 Å². The van der Waals surface area contributed by atoms with Crippen LogP contribution >= 0.6 is 0 Å². The number of H-pyrrole nitrogens is 2. The molecule has 7 amide bonds. The average molecular weight is 918 g/mol. The van der Waals surface area contributed by atoms with E-state index in [1.165, 1.54) is 12.5 Å². The van der Waals surface area contributed by atoms with E-state index in [-0.39, 0.29) is 44.1 Å². The molecule has 0 aliphatic carbocycles. The van der Waals surface area contributed by atoms with Gasteiger partial charge in [0.05, 0.1) is 12.7 Å². The van der Waals surface area contributed by atoms with E-state index in [2.05, 4.69) is 46.9 Å². The quantitative estimate of drug-likeness (QED) is 0.0458. The normalized spacial score (nSPS) is 13.9. The maximum Gasteiger partial charge on any atom is 0.408 e. The summed E-state index contributed by atoms with van der Waals surface area (Å²) in [5, 5.41) is 17.1. The van der Waals surface area contributed by atoms with Crippen LogP contribution in [0.3, 0.4) is 0 Å². The number of nitrogens with zero attached hydrogens (tertiary/aromatic N) is 1. The van der Waals surface area contributed by atoms with Crippen LogP contribution in [0.25, 0.3) is 10.9 Å². The molecule has 0 bridgehead atoms. The minimum atomic E-state index is -1.26. The Morgan fingerprint density at radius 3 is 1.85 bits per heavy atom. The molecule has 356 valence electrons. The summed E-state index contributed by atoms with van der Waals surface area (Å²) >= 11 is 0. The first-order valence-corrected chi connectivity index (χ1v) is 22.7. The van der Waals surface area contributed by atoms with Crippen molar-refractivity contribution in [3.63, 3.8) is 0 Å². The zero-order valence-corrected chi connectivity index (χ0v) is 38.9. The molecule has 3 aromatic carbocycles. The fourth-order valence-electron chi connectivity index (χ4n) is 7.48. The molecule has 0 radical (unpaired) electrons. The number of aromatic nitrogens is 3. The van der Waals surface area contributed by atoms with Crippen LogP contribution in [-0.4, -0.2) is 86.7 Å². The molecule has 2 aromatic heterocycles. The Morgan fingerprint density at radius 2 is 1.22 bits per heavy atom. The van der Waals surface area contributed by atoms with Gasteiger partial charge in [-0.05, 0) is 46.9 Å². The maximum absolute atomic E-state index is 14.3. The summed E-state index contributed by atoms with van der Waals surface area (Å²) in [6.45, 7) is 10.8. The summed E-state index contributed by atoms with van der Waals surface area (Å²) in [4.78, 5) is 107. The Hall–Kier alpha value is -7.30. The first-order chi connectivity index (χ1) is 32.1. The number of imidazole rings is 1. The van der Waals surface area contributed by atoms with Crippen molar-refractivity contribution in [1.29, 1.82) is 0 Å². The number of para-hydroxylation sites is 1. The monoisotopic (exact) mass is 917 g/mol. The standard InChI is InChI=1S/C50H63N9O8/c1-7-32(6)44(49(65)57-42(60)24-35-26-52-38-21-15-14-20-37(35)38)59-48(64)43(31(4)5)58-47(63)39(22-30(2)3)54-46(62)41(25-36-27-51-29-53-36)55-45(61)40(23-33-16-10-8-11-17-33)56-50(66)67-28-34-18-12-9-13-19-34/h8-21,26-27,29-32,39-41,43-44,52H,7,22-25,28H2,1-6H3,(H,51,53)(H,54,62)(H,55,61)(H,56,66)(H,58,63)(H,59,64)(H,57,60,65)/t32-,39-,40-,41-,43-,44-/m0/s1. The van der Waals surface area contributed by atoms with Crippen LogP contribution in [0.1, 0.15) is 76.8 Å². The van der Waals surface area contributed by atoms with Gasteiger partial charge in [-0.2, -0.15) is 0 Å². The number of ether oxygens (including phenoxy) is 1. The van der Waals surface area contributed by atoms with Crippen LogP contribution in [0.4, 0.5) is 4.79 Å². The van der Waals surface area contributed by atoms with Gasteiger partial charge in [0.1, 0.15) is 36.8 Å². The average Bonchev–Trinajstić information content (AvgIpc) is 3.98. The second-order valence-corrected chi connectivity index (χ2v) is 17.5. The summed E-state index contributed by atoms with van der Waals surface area (Å²) in [6.07, 6.45) is 4.43. The highest BCUT2D eigenvalue weighted by Gasteiger charge is 2.35. The first-order valence-electron chi connectivity index (χ1n) is 22.7. The fourth-order valence-corrected chi connectivity index (χ4v) is 7.48. The summed E-state index contributed by atoms with van der Waals surface area (Å²) < 4.78 is 5.43. The summed E-state index contributed by atoms with van der Waals surface area (Å²) in [6, 6.07) is 19.8. The van der Waals surface area contributed by atoms with Crippen LogP contribution < -0.4 is 31.9 Å². The van der Waals surface area contributed by atoms with Crippen molar-refractivity contribution in [3.8, 4) is 0 Å². The molecular formula is C50H63N9O8. The fraction of sp³-hybridized carbons (Fsp3) is 0.400. The smallest absolute Gasteiger partial charge is 0.408 e. The van der Waals surface area contributed by atoms with Gasteiger partial charge >= 0.3 is 6.09 Å². The molecule has 6 atom stereocenters. The number of imide groups is 1. The van der Waals surface area contributed by atoms with Gasteiger partial charge in [0.25, 0.3) is 0 Å². The molecule has 0 saturated heterocycles. The molecular weight excluding hydrogens is 855 g/mol. The lowest BCUT2D eigenvalue weighted by Crippen LogP contribution is -2.61. The Bertz CT molecular complexity index is 2420. The molecule has 8 N–H and O–H groups in total. The molecule has 0 spiro atoms. The number of aromatic amines is 2. The molecule has 5 aromatic rings. The Balaban J connectivity index is 1.28. The Morgan fingerprint density at radius 1 is 0.627 bits per heavy atom.